The molecule has 1 aliphatic heterocycles. The van der Waals surface area contributed by atoms with Gasteiger partial charge in [-0.05, 0) is 43.0 Å². The van der Waals surface area contributed by atoms with Crippen molar-refractivity contribution in [3.8, 4) is 5.75 Å². The molecule has 140 valence electrons. The third-order valence-corrected chi connectivity index (χ3v) is 4.33. The zero-order chi connectivity index (χ0) is 18.7. The Morgan fingerprint density at radius 3 is 2.88 bits per heavy atom. The summed E-state index contributed by atoms with van der Waals surface area (Å²) < 4.78 is 44.9. The monoisotopic (exact) mass is 367 g/mol. The molecule has 1 saturated heterocycles. The van der Waals surface area contributed by atoms with Gasteiger partial charge in [-0.25, -0.2) is 4.68 Å². The van der Waals surface area contributed by atoms with Crippen LogP contribution in [0.15, 0.2) is 36.5 Å². The standard InChI is InChI=1S/C18H20F3N3O2/c1-13-4-3-8-23(11-13)17(25)16-7-9-24(22-16)12-26-15-6-2-5-14(10-15)18(19,20)21/h2,5-7,9-10,13H,3-4,8,11-12H2,1H3. The summed E-state index contributed by atoms with van der Waals surface area (Å²) in [5, 5.41) is 4.17. The summed E-state index contributed by atoms with van der Waals surface area (Å²) in [6.07, 6.45) is -0.750. The highest BCUT2D eigenvalue weighted by Crippen LogP contribution is 2.31. The van der Waals surface area contributed by atoms with Crippen LogP contribution in [-0.4, -0.2) is 33.7 Å². The smallest absolute Gasteiger partial charge is 0.416 e. The van der Waals surface area contributed by atoms with E-state index in [1.165, 1.54) is 16.8 Å². The summed E-state index contributed by atoms with van der Waals surface area (Å²) in [5.74, 6) is 0.432. The minimum atomic E-state index is -4.42. The number of nitrogens with zero attached hydrogens (tertiary/aromatic N) is 3. The van der Waals surface area contributed by atoms with E-state index in [0.717, 1.165) is 31.5 Å². The predicted molar refractivity (Wildman–Crippen MR) is 88.6 cm³/mol. The average Bonchev–Trinajstić information content (AvgIpc) is 3.08. The van der Waals surface area contributed by atoms with E-state index >= 15 is 0 Å². The maximum atomic E-state index is 12.7. The molecule has 2 heterocycles. The summed E-state index contributed by atoms with van der Waals surface area (Å²) in [4.78, 5) is 14.3. The highest BCUT2D eigenvalue weighted by molar-refractivity contribution is 5.92. The van der Waals surface area contributed by atoms with Gasteiger partial charge in [-0.3, -0.25) is 4.79 Å². The average molecular weight is 367 g/mol. The third kappa shape index (κ3) is 4.36. The summed E-state index contributed by atoms with van der Waals surface area (Å²) in [5.41, 5.74) is -0.461. The molecule has 0 radical (unpaired) electrons. The molecule has 0 saturated carbocycles. The number of amides is 1. The number of piperidine rings is 1. The second-order valence-corrected chi connectivity index (χ2v) is 6.54. The highest BCUT2D eigenvalue weighted by Gasteiger charge is 2.30. The second kappa shape index (κ2) is 7.39. The lowest BCUT2D eigenvalue weighted by molar-refractivity contribution is -0.137. The van der Waals surface area contributed by atoms with Crippen LogP contribution in [0, 0.1) is 5.92 Å². The van der Waals surface area contributed by atoms with Crippen LogP contribution in [0.5, 0.6) is 5.75 Å². The Morgan fingerprint density at radius 2 is 2.15 bits per heavy atom. The number of hydrogen-bond acceptors (Lipinski definition) is 3. The van der Waals surface area contributed by atoms with Gasteiger partial charge in [-0.2, -0.15) is 18.3 Å². The van der Waals surface area contributed by atoms with Crippen molar-refractivity contribution in [1.29, 1.82) is 0 Å². The molecular formula is C18H20F3N3O2. The van der Waals surface area contributed by atoms with Gasteiger partial charge in [0.05, 0.1) is 5.56 Å². The Balaban J connectivity index is 1.61. The van der Waals surface area contributed by atoms with E-state index in [1.54, 1.807) is 17.2 Å². The number of ether oxygens (including phenoxy) is 1. The van der Waals surface area contributed by atoms with Crippen LogP contribution in [0.4, 0.5) is 13.2 Å². The molecule has 8 heteroatoms. The van der Waals surface area contributed by atoms with Gasteiger partial charge in [0, 0.05) is 19.3 Å². The van der Waals surface area contributed by atoms with Crippen LogP contribution >= 0.6 is 0 Å². The van der Waals surface area contributed by atoms with Crippen molar-refractivity contribution in [3.63, 3.8) is 0 Å². The van der Waals surface area contributed by atoms with E-state index in [0.29, 0.717) is 18.2 Å². The number of alkyl halides is 3. The minimum Gasteiger partial charge on any atom is -0.471 e. The van der Waals surface area contributed by atoms with E-state index < -0.39 is 11.7 Å². The van der Waals surface area contributed by atoms with Gasteiger partial charge in [-0.1, -0.05) is 13.0 Å². The minimum absolute atomic E-state index is 0.0784. The quantitative estimate of drug-likeness (QED) is 0.826. The van der Waals surface area contributed by atoms with Crippen LogP contribution in [0.3, 0.4) is 0 Å². The number of carbonyl (C=O) groups excluding carboxylic acids is 1. The van der Waals surface area contributed by atoms with Crippen LogP contribution in [-0.2, 0) is 12.9 Å². The van der Waals surface area contributed by atoms with Crippen LogP contribution < -0.4 is 4.74 Å². The van der Waals surface area contributed by atoms with E-state index in [-0.39, 0.29) is 18.4 Å². The second-order valence-electron chi connectivity index (χ2n) is 6.54. The molecule has 1 fully saturated rings. The van der Waals surface area contributed by atoms with Gasteiger partial charge in [0.15, 0.2) is 12.4 Å². The number of hydrogen-bond donors (Lipinski definition) is 0. The molecule has 1 aromatic carbocycles. The summed E-state index contributed by atoms with van der Waals surface area (Å²) in [6.45, 7) is 3.47. The third-order valence-electron chi connectivity index (χ3n) is 4.33. The summed E-state index contributed by atoms with van der Waals surface area (Å²) in [6, 6.07) is 6.24. The van der Waals surface area contributed by atoms with Crippen molar-refractivity contribution in [2.75, 3.05) is 13.1 Å². The number of carbonyl (C=O) groups is 1. The maximum absolute atomic E-state index is 12.7. The van der Waals surface area contributed by atoms with Crippen molar-refractivity contribution >= 4 is 5.91 Å². The normalized spacial score (nSPS) is 18.0. The first-order chi connectivity index (χ1) is 12.3. The van der Waals surface area contributed by atoms with Crippen molar-refractivity contribution in [3.05, 3.63) is 47.8 Å². The Morgan fingerprint density at radius 1 is 1.35 bits per heavy atom. The summed E-state index contributed by atoms with van der Waals surface area (Å²) >= 11 is 0. The van der Waals surface area contributed by atoms with E-state index in [4.69, 9.17) is 4.74 Å². The fourth-order valence-electron chi connectivity index (χ4n) is 2.99. The fraction of sp³-hybridized carbons (Fsp3) is 0.444. The first kappa shape index (κ1) is 18.3. The Labute approximate surface area is 149 Å². The molecule has 1 aromatic heterocycles. The van der Waals surface area contributed by atoms with E-state index in [1.807, 2.05) is 0 Å². The van der Waals surface area contributed by atoms with Crippen molar-refractivity contribution < 1.29 is 22.7 Å². The molecule has 1 aliphatic rings. The maximum Gasteiger partial charge on any atom is 0.416 e. The zero-order valence-corrected chi connectivity index (χ0v) is 14.4. The topological polar surface area (TPSA) is 47.4 Å². The number of benzene rings is 1. The molecule has 0 spiro atoms. The van der Waals surface area contributed by atoms with E-state index in [2.05, 4.69) is 12.0 Å². The SMILES string of the molecule is CC1CCCN(C(=O)c2ccn(COc3cccc(C(F)(F)F)c3)n2)C1. The number of halogens is 3. The van der Waals surface area contributed by atoms with Crippen molar-refractivity contribution in [2.24, 2.45) is 5.92 Å². The van der Waals surface area contributed by atoms with Crippen molar-refractivity contribution in [1.82, 2.24) is 14.7 Å². The Kier molecular flexibility index (Phi) is 5.20. The molecule has 1 amide bonds. The van der Waals surface area contributed by atoms with Gasteiger partial charge in [0.2, 0.25) is 0 Å². The molecule has 1 unspecified atom stereocenters. The lowest BCUT2D eigenvalue weighted by Crippen LogP contribution is -2.39. The number of likely N-dealkylation sites (tertiary alicyclic amines) is 1. The lowest BCUT2D eigenvalue weighted by atomic mass is 10.0. The van der Waals surface area contributed by atoms with Crippen LogP contribution in [0.2, 0.25) is 0 Å². The van der Waals surface area contributed by atoms with Crippen LogP contribution in [0.1, 0.15) is 35.8 Å². The molecular weight excluding hydrogens is 347 g/mol. The number of rotatable bonds is 4. The highest BCUT2D eigenvalue weighted by atomic mass is 19.4. The van der Waals surface area contributed by atoms with Crippen molar-refractivity contribution in [2.45, 2.75) is 32.7 Å². The zero-order valence-electron chi connectivity index (χ0n) is 14.4. The van der Waals surface area contributed by atoms with Gasteiger partial charge in [0.1, 0.15) is 5.75 Å². The summed E-state index contributed by atoms with van der Waals surface area (Å²) in [7, 11) is 0. The first-order valence-corrected chi connectivity index (χ1v) is 8.46. The van der Waals surface area contributed by atoms with Gasteiger partial charge < -0.3 is 9.64 Å². The van der Waals surface area contributed by atoms with Gasteiger partial charge in [-0.15, -0.1) is 0 Å². The first-order valence-electron chi connectivity index (χ1n) is 8.46. The molecule has 3 rings (SSSR count). The van der Waals surface area contributed by atoms with Crippen LogP contribution in [0.25, 0.3) is 0 Å². The lowest BCUT2D eigenvalue weighted by Gasteiger charge is -2.30. The molecule has 2 aromatic rings. The molecule has 0 N–H and O–H groups in total. The Bertz CT molecular complexity index is 773. The number of aromatic nitrogens is 2. The van der Waals surface area contributed by atoms with Gasteiger partial charge in [0.25, 0.3) is 5.91 Å². The molecule has 0 bridgehead atoms. The fourth-order valence-corrected chi connectivity index (χ4v) is 2.99. The predicted octanol–water partition coefficient (Wildman–Crippen LogP) is 3.81. The molecule has 1 atom stereocenters. The molecule has 0 aliphatic carbocycles. The molecule has 26 heavy (non-hydrogen) atoms. The largest absolute Gasteiger partial charge is 0.471 e. The van der Waals surface area contributed by atoms with Gasteiger partial charge >= 0.3 is 6.18 Å². The Hall–Kier alpha value is -2.51. The van der Waals surface area contributed by atoms with E-state index in [9.17, 15) is 18.0 Å². The molecule has 5 nitrogen and oxygen atoms in total.